The van der Waals surface area contributed by atoms with E-state index in [0.29, 0.717) is 10.0 Å². The summed E-state index contributed by atoms with van der Waals surface area (Å²) in [6.45, 7) is 9.89. The highest BCUT2D eigenvalue weighted by Gasteiger charge is 2.53. The van der Waals surface area contributed by atoms with Gasteiger partial charge in [0.25, 0.3) is 0 Å². The summed E-state index contributed by atoms with van der Waals surface area (Å²) >= 11 is 12.2. The molecule has 1 aromatic rings. The minimum absolute atomic E-state index is 0.143. The molecule has 2 atom stereocenters. The fourth-order valence-corrected chi connectivity index (χ4v) is 3.11. The van der Waals surface area contributed by atoms with E-state index < -0.39 is 0 Å². The lowest BCUT2D eigenvalue weighted by Crippen LogP contribution is -2.41. The van der Waals surface area contributed by atoms with Crippen LogP contribution in [-0.2, 0) is 5.41 Å². The maximum atomic E-state index is 6.18. The van der Waals surface area contributed by atoms with E-state index >= 15 is 0 Å². The van der Waals surface area contributed by atoms with Crippen molar-refractivity contribution >= 4 is 23.2 Å². The third-order valence-corrected chi connectivity index (χ3v) is 4.89. The summed E-state index contributed by atoms with van der Waals surface area (Å²) in [6.07, 6.45) is 2.45. The minimum atomic E-state index is 0.143. The predicted octanol–water partition coefficient (Wildman–Crippen LogP) is 5.05. The lowest BCUT2D eigenvalue weighted by atomic mass is 9.91. The van der Waals surface area contributed by atoms with Gasteiger partial charge in [0.05, 0.1) is 10.0 Å². The van der Waals surface area contributed by atoms with Crippen molar-refractivity contribution in [1.82, 2.24) is 5.32 Å². The molecule has 2 unspecified atom stereocenters. The molecule has 106 valence electrons. The second-order valence-electron chi connectivity index (χ2n) is 6.70. The standard InChI is InChI=1S/C16H23Cl2N/c1-5-11-9-16(11,10-19-15(2,3)4)12-6-7-13(17)14(18)8-12/h6-8,11,19H,5,9-10H2,1-4H3. The molecule has 1 saturated carbocycles. The Hall–Kier alpha value is -0.240. The number of nitrogens with one attached hydrogen (secondary N) is 1. The molecule has 3 heteroatoms. The van der Waals surface area contributed by atoms with Gasteiger partial charge in [0.2, 0.25) is 0 Å². The largest absolute Gasteiger partial charge is 0.311 e. The van der Waals surface area contributed by atoms with E-state index in [9.17, 15) is 0 Å². The molecule has 1 aliphatic carbocycles. The van der Waals surface area contributed by atoms with Crippen LogP contribution in [0.5, 0.6) is 0 Å². The highest BCUT2D eigenvalue weighted by molar-refractivity contribution is 6.42. The molecule has 1 N–H and O–H groups in total. The van der Waals surface area contributed by atoms with E-state index in [-0.39, 0.29) is 11.0 Å². The van der Waals surface area contributed by atoms with Crippen LogP contribution in [0.2, 0.25) is 10.0 Å². The number of hydrogen-bond acceptors (Lipinski definition) is 1. The van der Waals surface area contributed by atoms with Crippen LogP contribution in [0.15, 0.2) is 18.2 Å². The Morgan fingerprint density at radius 1 is 1.26 bits per heavy atom. The van der Waals surface area contributed by atoms with Gasteiger partial charge in [-0.3, -0.25) is 0 Å². The first-order chi connectivity index (χ1) is 8.78. The predicted molar refractivity (Wildman–Crippen MR) is 84.3 cm³/mol. The third-order valence-electron chi connectivity index (χ3n) is 4.15. The number of halogens is 2. The number of hydrogen-bond donors (Lipinski definition) is 1. The van der Waals surface area contributed by atoms with Crippen LogP contribution in [-0.4, -0.2) is 12.1 Å². The average molecular weight is 300 g/mol. The van der Waals surface area contributed by atoms with Crippen LogP contribution in [0.1, 0.15) is 46.1 Å². The lowest BCUT2D eigenvalue weighted by Gasteiger charge is -2.26. The molecule has 0 bridgehead atoms. The first kappa shape index (κ1) is 15.2. The van der Waals surface area contributed by atoms with E-state index in [1.165, 1.54) is 18.4 Å². The van der Waals surface area contributed by atoms with Crippen LogP contribution >= 0.6 is 23.2 Å². The van der Waals surface area contributed by atoms with E-state index in [1.54, 1.807) is 0 Å². The van der Waals surface area contributed by atoms with E-state index in [4.69, 9.17) is 23.2 Å². The number of benzene rings is 1. The lowest BCUT2D eigenvalue weighted by molar-refractivity contribution is 0.388. The summed E-state index contributed by atoms with van der Waals surface area (Å²) in [7, 11) is 0. The monoisotopic (exact) mass is 299 g/mol. The smallest absolute Gasteiger partial charge is 0.0595 e. The fraction of sp³-hybridized carbons (Fsp3) is 0.625. The minimum Gasteiger partial charge on any atom is -0.311 e. The summed E-state index contributed by atoms with van der Waals surface area (Å²) < 4.78 is 0. The second kappa shape index (κ2) is 5.27. The van der Waals surface area contributed by atoms with E-state index in [2.05, 4.69) is 39.1 Å². The zero-order chi connectivity index (χ0) is 14.3. The normalized spacial score (nSPS) is 26.5. The van der Waals surface area contributed by atoms with Gasteiger partial charge in [-0.25, -0.2) is 0 Å². The SMILES string of the molecule is CCC1CC1(CNC(C)(C)C)c1ccc(Cl)c(Cl)c1. The quantitative estimate of drug-likeness (QED) is 0.820. The Balaban J connectivity index is 2.23. The van der Waals surface area contributed by atoms with Crippen molar-refractivity contribution in [3.05, 3.63) is 33.8 Å². The molecule has 1 aliphatic rings. The Bertz CT molecular complexity index is 464. The highest BCUT2D eigenvalue weighted by Crippen LogP contribution is 2.56. The molecule has 1 aromatic carbocycles. The summed E-state index contributed by atoms with van der Waals surface area (Å²) in [5, 5.41) is 4.95. The average Bonchev–Trinajstić information content (AvgIpc) is 3.04. The summed E-state index contributed by atoms with van der Waals surface area (Å²) in [6, 6.07) is 6.10. The van der Waals surface area contributed by atoms with Gasteiger partial charge < -0.3 is 5.32 Å². The van der Waals surface area contributed by atoms with Gasteiger partial charge in [0.15, 0.2) is 0 Å². The Labute approximate surface area is 126 Å². The summed E-state index contributed by atoms with van der Waals surface area (Å²) in [5.41, 5.74) is 1.71. The Kier molecular flexibility index (Phi) is 4.21. The Morgan fingerprint density at radius 2 is 1.95 bits per heavy atom. The molecule has 1 fully saturated rings. The molecule has 0 aromatic heterocycles. The molecule has 0 aliphatic heterocycles. The van der Waals surface area contributed by atoms with Crippen molar-refractivity contribution < 1.29 is 0 Å². The number of rotatable bonds is 4. The summed E-state index contributed by atoms with van der Waals surface area (Å²) in [4.78, 5) is 0. The zero-order valence-corrected chi connectivity index (χ0v) is 13.7. The van der Waals surface area contributed by atoms with E-state index in [0.717, 1.165) is 12.5 Å². The van der Waals surface area contributed by atoms with Crippen molar-refractivity contribution in [2.75, 3.05) is 6.54 Å². The van der Waals surface area contributed by atoms with Crippen LogP contribution in [0.3, 0.4) is 0 Å². The van der Waals surface area contributed by atoms with E-state index in [1.807, 2.05) is 12.1 Å². The first-order valence-electron chi connectivity index (χ1n) is 6.99. The van der Waals surface area contributed by atoms with Crippen molar-refractivity contribution in [3.63, 3.8) is 0 Å². The molecule has 0 spiro atoms. The molecule has 0 heterocycles. The molecule has 19 heavy (non-hydrogen) atoms. The van der Waals surface area contributed by atoms with Gasteiger partial charge in [-0.05, 0) is 50.8 Å². The third kappa shape index (κ3) is 3.26. The molecule has 0 radical (unpaired) electrons. The van der Waals surface area contributed by atoms with Gasteiger partial charge in [-0.2, -0.15) is 0 Å². The molecular formula is C16H23Cl2N. The molecule has 0 saturated heterocycles. The van der Waals surface area contributed by atoms with Gasteiger partial charge >= 0.3 is 0 Å². The van der Waals surface area contributed by atoms with Crippen molar-refractivity contribution in [2.24, 2.45) is 5.92 Å². The van der Waals surface area contributed by atoms with Crippen LogP contribution in [0.25, 0.3) is 0 Å². The zero-order valence-electron chi connectivity index (χ0n) is 12.2. The van der Waals surface area contributed by atoms with Crippen molar-refractivity contribution in [1.29, 1.82) is 0 Å². The topological polar surface area (TPSA) is 12.0 Å². The molecule has 1 nitrogen and oxygen atoms in total. The maximum Gasteiger partial charge on any atom is 0.0595 e. The first-order valence-corrected chi connectivity index (χ1v) is 7.74. The van der Waals surface area contributed by atoms with Gasteiger partial charge in [-0.15, -0.1) is 0 Å². The van der Waals surface area contributed by atoms with Gasteiger partial charge in [0.1, 0.15) is 0 Å². The molecular weight excluding hydrogens is 277 g/mol. The maximum absolute atomic E-state index is 6.18. The Morgan fingerprint density at radius 3 is 2.42 bits per heavy atom. The van der Waals surface area contributed by atoms with Gasteiger partial charge in [0, 0.05) is 17.5 Å². The van der Waals surface area contributed by atoms with Crippen molar-refractivity contribution in [3.8, 4) is 0 Å². The second-order valence-corrected chi connectivity index (χ2v) is 7.51. The molecule has 2 rings (SSSR count). The van der Waals surface area contributed by atoms with Crippen LogP contribution in [0.4, 0.5) is 0 Å². The van der Waals surface area contributed by atoms with Crippen molar-refractivity contribution in [2.45, 2.75) is 51.5 Å². The van der Waals surface area contributed by atoms with Gasteiger partial charge in [-0.1, -0.05) is 42.6 Å². The highest BCUT2D eigenvalue weighted by atomic mass is 35.5. The van der Waals surface area contributed by atoms with Crippen LogP contribution < -0.4 is 5.32 Å². The summed E-state index contributed by atoms with van der Waals surface area (Å²) in [5.74, 6) is 0.750. The molecule has 0 amide bonds. The van der Waals surface area contributed by atoms with Crippen LogP contribution in [0, 0.1) is 5.92 Å². The fourth-order valence-electron chi connectivity index (χ4n) is 2.82.